The summed E-state index contributed by atoms with van der Waals surface area (Å²) in [6.07, 6.45) is 2.62. The molecule has 0 amide bonds. The maximum Gasteiger partial charge on any atom is 0.262 e. The number of nitrogens with zero attached hydrogens (tertiary/aromatic N) is 5. The lowest BCUT2D eigenvalue weighted by atomic mass is 10.1. The van der Waals surface area contributed by atoms with Crippen LogP contribution in [0.15, 0.2) is 34.3 Å². The molecule has 12 nitrogen and oxygen atoms in total. The molecule has 2 aromatic heterocycles. The highest BCUT2D eigenvalue weighted by atomic mass is 35.7. The fourth-order valence-electron chi connectivity index (χ4n) is 4.79. The van der Waals surface area contributed by atoms with Crippen molar-refractivity contribution in [3.8, 4) is 6.07 Å². The van der Waals surface area contributed by atoms with Crippen molar-refractivity contribution in [3.05, 3.63) is 35.9 Å². The summed E-state index contributed by atoms with van der Waals surface area (Å²) < 4.78 is 48.7. The van der Waals surface area contributed by atoms with Gasteiger partial charge in [-0.05, 0) is 71.3 Å². The van der Waals surface area contributed by atoms with Crippen LogP contribution in [0.25, 0.3) is 0 Å². The second kappa shape index (κ2) is 26.3. The first kappa shape index (κ1) is 52.8. The molecule has 0 radical (unpaired) electrons. The fraction of sp³-hybridized carbons (Fsp3) is 0.694. The molecule has 0 atom stereocenters. The second-order valence-corrected chi connectivity index (χ2v) is 17.8. The van der Waals surface area contributed by atoms with Gasteiger partial charge in [0.1, 0.15) is 9.79 Å². The molecular weight excluding hydrogens is 708 g/mol. The maximum absolute atomic E-state index is 12.7. The van der Waals surface area contributed by atoms with Crippen LogP contribution in [0.5, 0.6) is 0 Å². The molecule has 0 aliphatic rings. The number of halogens is 1. The molecule has 0 aliphatic heterocycles. The maximum atomic E-state index is 12.7. The van der Waals surface area contributed by atoms with Gasteiger partial charge < -0.3 is 21.7 Å². The number of aromatic nitrogens is 2. The number of anilines is 2. The molecule has 0 bridgehead atoms. The SMILES string of the molecule is CC#N.CC(C)NC(C)C.CC(C)c1ncc(S(=O)(=O)Cl)cc1N.CC(C)c1ncc(S(=O)(=O)N(C(C)C)C(C)C)cc1N.CCN(CC)CC. The van der Waals surface area contributed by atoms with Crippen LogP contribution in [0.3, 0.4) is 0 Å². The van der Waals surface area contributed by atoms with Gasteiger partial charge in [-0.1, -0.05) is 76.2 Å². The molecule has 2 aromatic rings. The van der Waals surface area contributed by atoms with E-state index in [4.69, 9.17) is 27.4 Å². The minimum Gasteiger partial charge on any atom is -0.397 e. The van der Waals surface area contributed by atoms with E-state index in [0.29, 0.717) is 29.2 Å². The van der Waals surface area contributed by atoms with Gasteiger partial charge in [0.05, 0.1) is 28.8 Å². The van der Waals surface area contributed by atoms with E-state index in [-0.39, 0.29) is 33.7 Å². The Bertz CT molecular complexity index is 1490. The van der Waals surface area contributed by atoms with E-state index in [2.05, 4.69) is 68.7 Å². The molecule has 0 spiro atoms. The van der Waals surface area contributed by atoms with Crippen molar-refractivity contribution in [2.75, 3.05) is 31.1 Å². The van der Waals surface area contributed by atoms with Gasteiger partial charge in [0.2, 0.25) is 10.0 Å². The normalized spacial score (nSPS) is 11.5. The van der Waals surface area contributed by atoms with Crippen molar-refractivity contribution in [3.63, 3.8) is 0 Å². The van der Waals surface area contributed by atoms with Crippen LogP contribution in [0, 0.1) is 11.3 Å². The van der Waals surface area contributed by atoms with Crippen LogP contribution in [0.1, 0.15) is 134 Å². The van der Waals surface area contributed by atoms with Crippen molar-refractivity contribution in [2.24, 2.45) is 0 Å². The zero-order chi connectivity index (χ0) is 40.9. The van der Waals surface area contributed by atoms with Crippen molar-refractivity contribution >= 4 is 41.1 Å². The molecule has 0 saturated carbocycles. The quantitative estimate of drug-likeness (QED) is 0.180. The highest BCUT2D eigenvalue weighted by Gasteiger charge is 2.30. The van der Waals surface area contributed by atoms with E-state index < -0.39 is 19.1 Å². The minimum absolute atomic E-state index is 0.0685. The van der Waals surface area contributed by atoms with E-state index in [0.717, 1.165) is 5.69 Å². The Morgan fingerprint density at radius 3 is 1.24 bits per heavy atom. The molecule has 0 saturated heterocycles. The van der Waals surface area contributed by atoms with E-state index in [9.17, 15) is 16.8 Å². The first-order chi connectivity index (χ1) is 23.3. The molecule has 0 aromatic carbocycles. The fourth-order valence-corrected chi connectivity index (χ4v) is 7.31. The molecule has 0 aliphatic carbocycles. The number of rotatable bonds is 12. The molecule has 0 fully saturated rings. The van der Waals surface area contributed by atoms with Gasteiger partial charge >= 0.3 is 0 Å². The molecule has 2 heterocycles. The molecule has 51 heavy (non-hydrogen) atoms. The average Bonchev–Trinajstić information content (AvgIpc) is 2.97. The number of sulfonamides is 1. The summed E-state index contributed by atoms with van der Waals surface area (Å²) in [5, 5.41) is 10.6. The van der Waals surface area contributed by atoms with Crippen molar-refractivity contribution < 1.29 is 16.8 Å². The number of pyridine rings is 2. The highest BCUT2D eigenvalue weighted by Crippen LogP contribution is 2.26. The summed E-state index contributed by atoms with van der Waals surface area (Å²) in [6.45, 7) is 35.4. The van der Waals surface area contributed by atoms with Crippen molar-refractivity contribution in [1.82, 2.24) is 24.5 Å². The Balaban J connectivity index is -0.000000642. The number of nitrogens with one attached hydrogen (secondary N) is 1. The molecule has 296 valence electrons. The van der Waals surface area contributed by atoms with Gasteiger partial charge in [-0.25, -0.2) is 16.8 Å². The predicted octanol–water partition coefficient (Wildman–Crippen LogP) is 7.58. The lowest BCUT2D eigenvalue weighted by Gasteiger charge is -2.29. The van der Waals surface area contributed by atoms with Gasteiger partial charge in [0, 0.05) is 54.2 Å². The van der Waals surface area contributed by atoms with Crippen molar-refractivity contribution in [1.29, 1.82) is 5.26 Å². The number of nitrogens with two attached hydrogens (primary N) is 2. The van der Waals surface area contributed by atoms with Gasteiger partial charge in [0.15, 0.2) is 0 Å². The average molecular weight is 778 g/mol. The summed E-state index contributed by atoms with van der Waals surface area (Å²) >= 11 is 0. The topological polar surface area (TPSA) is 188 Å². The summed E-state index contributed by atoms with van der Waals surface area (Å²) in [6, 6.07) is 5.59. The van der Waals surface area contributed by atoms with Gasteiger partial charge in [-0.2, -0.15) is 9.57 Å². The Kier molecular flexibility index (Phi) is 27.2. The Hall–Kier alpha value is -2.54. The predicted molar refractivity (Wildman–Crippen MR) is 216 cm³/mol. The Labute approximate surface area is 316 Å². The van der Waals surface area contributed by atoms with Crippen molar-refractivity contribution in [2.45, 2.75) is 157 Å². The zero-order valence-electron chi connectivity index (χ0n) is 34.1. The third-order valence-electron chi connectivity index (χ3n) is 6.83. The van der Waals surface area contributed by atoms with Crippen LogP contribution in [-0.4, -0.2) is 79.8 Å². The van der Waals surface area contributed by atoms with Gasteiger partial charge in [-0.3, -0.25) is 9.97 Å². The molecular formula is C36H69ClN8O4S2. The van der Waals surface area contributed by atoms with Gasteiger partial charge in [-0.15, -0.1) is 0 Å². The summed E-state index contributed by atoms with van der Waals surface area (Å²) in [4.78, 5) is 10.6. The number of hydrogen-bond donors (Lipinski definition) is 3. The third kappa shape index (κ3) is 21.6. The lowest BCUT2D eigenvalue weighted by molar-refractivity contribution is 0.302. The Morgan fingerprint density at radius 1 is 0.725 bits per heavy atom. The molecule has 2 rings (SSSR count). The van der Waals surface area contributed by atoms with Crippen LogP contribution in [0.2, 0.25) is 0 Å². The number of hydrogen-bond acceptors (Lipinski definition) is 11. The largest absolute Gasteiger partial charge is 0.397 e. The second-order valence-electron chi connectivity index (χ2n) is 13.4. The molecule has 5 N–H and O–H groups in total. The summed E-state index contributed by atoms with van der Waals surface area (Å²) in [5.41, 5.74) is 13.7. The van der Waals surface area contributed by atoms with Crippen LogP contribution in [-0.2, 0) is 19.1 Å². The minimum atomic E-state index is -3.74. The number of nitrogen functional groups attached to an aromatic ring is 2. The summed E-state index contributed by atoms with van der Waals surface area (Å²) in [7, 11) is -2.17. The smallest absolute Gasteiger partial charge is 0.262 e. The van der Waals surface area contributed by atoms with Gasteiger partial charge in [0.25, 0.3) is 9.05 Å². The van der Waals surface area contributed by atoms with Crippen LogP contribution < -0.4 is 16.8 Å². The number of nitriles is 1. The van der Waals surface area contributed by atoms with E-state index >= 15 is 0 Å². The van der Waals surface area contributed by atoms with Crippen LogP contribution in [0.4, 0.5) is 11.4 Å². The van der Waals surface area contributed by atoms with E-state index in [1.807, 2.05) is 55.4 Å². The standard InChI is InChI=1S/C14H25N3O2S.C8H11ClN2O2S.2C6H15N.C2H3N/c1-9(2)14-13(15)7-12(8-16-14)20(18,19)17(10(3)4)11(5)6;1-5(2)8-7(10)3-6(4-11-8)14(9,12)13;1-5(2)7-6(3)4;1-4-7(5-2)6-3;1-2-3/h7-11H,15H2,1-6H3;3-5H,10H2,1-2H3;5-7H,1-4H3;4-6H2,1-3H3;1H3. The summed E-state index contributed by atoms with van der Waals surface area (Å²) in [5.74, 6) is 0.320. The lowest BCUT2D eigenvalue weighted by Crippen LogP contribution is -2.42. The highest BCUT2D eigenvalue weighted by molar-refractivity contribution is 8.13. The van der Waals surface area contributed by atoms with E-state index in [1.165, 1.54) is 55.4 Å². The Morgan fingerprint density at radius 2 is 1.04 bits per heavy atom. The first-order valence-corrected chi connectivity index (χ1v) is 21.3. The molecule has 0 unspecified atom stereocenters. The first-order valence-electron chi connectivity index (χ1n) is 17.6. The zero-order valence-corrected chi connectivity index (χ0v) is 36.5. The van der Waals surface area contributed by atoms with E-state index in [1.54, 1.807) is 6.07 Å². The molecule has 15 heteroatoms. The third-order valence-corrected chi connectivity index (χ3v) is 10.4. The van der Waals surface area contributed by atoms with Crippen LogP contribution >= 0.6 is 10.7 Å². The monoisotopic (exact) mass is 776 g/mol.